The fraction of sp³-hybridized carbons (Fsp3) is 0. The van der Waals surface area contributed by atoms with Crippen molar-refractivity contribution in [3.63, 3.8) is 0 Å². The smallest absolute Gasteiger partial charge is 0.164 e. The van der Waals surface area contributed by atoms with E-state index >= 15 is 0 Å². The molecule has 3 aromatic heterocycles. The molecule has 11 aromatic rings. The standard InChI is InChI=1S/C51H32N4S/c1-4-13-33(14-5-1)34-23-25-35(26-24-34)38-27-29-45-42(31-38)40-19-10-11-21-44(40)55(45)39-28-30-46-43(32-39)48-41(20-12-22-47(48)56-46)51-53-49(36-15-6-2-7-16-36)52-50(54-51)37-17-8-3-9-18-37/h1-32H. The monoisotopic (exact) mass is 732 g/mol. The number of rotatable bonds is 6. The maximum Gasteiger partial charge on any atom is 0.164 e. The van der Waals surface area contributed by atoms with Gasteiger partial charge in [-0.2, -0.15) is 0 Å². The van der Waals surface area contributed by atoms with E-state index in [1.807, 2.05) is 36.4 Å². The second kappa shape index (κ2) is 13.3. The molecule has 0 aliphatic heterocycles. The Labute approximate surface area is 327 Å². The molecule has 5 heteroatoms. The van der Waals surface area contributed by atoms with E-state index < -0.39 is 0 Å². The third-order valence-electron chi connectivity index (χ3n) is 10.7. The largest absolute Gasteiger partial charge is 0.309 e. The quantitative estimate of drug-likeness (QED) is 0.171. The van der Waals surface area contributed by atoms with Gasteiger partial charge in [0.2, 0.25) is 0 Å². The Morgan fingerprint density at radius 2 is 0.893 bits per heavy atom. The van der Waals surface area contributed by atoms with Crippen molar-refractivity contribution >= 4 is 53.3 Å². The predicted octanol–water partition coefficient (Wildman–Crippen LogP) is 13.7. The molecule has 11 rings (SSSR count). The van der Waals surface area contributed by atoms with Gasteiger partial charge in [-0.05, 0) is 64.7 Å². The molecule has 0 aliphatic rings. The van der Waals surface area contributed by atoms with Gasteiger partial charge in [-0.15, -0.1) is 11.3 Å². The third kappa shape index (κ3) is 5.48. The zero-order chi connectivity index (χ0) is 37.0. The molecule has 0 radical (unpaired) electrons. The number of benzene rings is 8. The molecule has 0 saturated heterocycles. The van der Waals surface area contributed by atoms with Crippen LogP contribution in [0.4, 0.5) is 0 Å². The molecule has 0 N–H and O–H groups in total. The van der Waals surface area contributed by atoms with Crippen molar-refractivity contribution in [3.05, 3.63) is 194 Å². The van der Waals surface area contributed by atoms with E-state index in [2.05, 4.69) is 162 Å². The van der Waals surface area contributed by atoms with Crippen molar-refractivity contribution in [1.82, 2.24) is 19.5 Å². The summed E-state index contributed by atoms with van der Waals surface area (Å²) in [6.07, 6.45) is 0. The highest BCUT2D eigenvalue weighted by atomic mass is 32.1. The fourth-order valence-electron chi connectivity index (χ4n) is 7.99. The van der Waals surface area contributed by atoms with Crippen molar-refractivity contribution in [3.8, 4) is 62.1 Å². The summed E-state index contributed by atoms with van der Waals surface area (Å²) in [6, 6.07) is 68.7. The molecular weight excluding hydrogens is 701 g/mol. The molecule has 0 amide bonds. The second-order valence-corrected chi connectivity index (χ2v) is 15.1. The lowest BCUT2D eigenvalue weighted by Gasteiger charge is -2.11. The summed E-state index contributed by atoms with van der Waals surface area (Å²) in [5.74, 6) is 1.97. The highest BCUT2D eigenvalue weighted by Gasteiger charge is 2.19. The number of thiophene rings is 1. The zero-order valence-electron chi connectivity index (χ0n) is 30.2. The second-order valence-electron chi connectivity index (χ2n) is 14.0. The molecule has 0 saturated carbocycles. The molecule has 0 fully saturated rings. The van der Waals surface area contributed by atoms with Crippen molar-refractivity contribution in [2.45, 2.75) is 0 Å². The average molecular weight is 733 g/mol. The highest BCUT2D eigenvalue weighted by Crippen LogP contribution is 2.42. The number of hydrogen-bond acceptors (Lipinski definition) is 4. The maximum atomic E-state index is 5.12. The van der Waals surface area contributed by atoms with Crippen LogP contribution < -0.4 is 0 Å². The minimum atomic E-state index is 0.656. The van der Waals surface area contributed by atoms with Crippen LogP contribution in [0.3, 0.4) is 0 Å². The molecule has 3 heterocycles. The molecule has 4 nitrogen and oxygen atoms in total. The third-order valence-corrected chi connectivity index (χ3v) is 11.8. The van der Waals surface area contributed by atoms with E-state index in [1.165, 1.54) is 58.8 Å². The maximum absolute atomic E-state index is 5.12. The van der Waals surface area contributed by atoms with Crippen LogP contribution in [0.25, 0.3) is 104 Å². The van der Waals surface area contributed by atoms with Gasteiger partial charge in [0, 0.05) is 53.3 Å². The Morgan fingerprint density at radius 1 is 0.339 bits per heavy atom. The first-order valence-electron chi connectivity index (χ1n) is 18.8. The van der Waals surface area contributed by atoms with Gasteiger partial charge in [0.1, 0.15) is 0 Å². The Hall–Kier alpha value is -7.21. The van der Waals surface area contributed by atoms with Crippen LogP contribution >= 0.6 is 11.3 Å². The lowest BCUT2D eigenvalue weighted by atomic mass is 9.99. The van der Waals surface area contributed by atoms with Crippen LogP contribution in [0, 0.1) is 0 Å². The first kappa shape index (κ1) is 32.2. The van der Waals surface area contributed by atoms with Gasteiger partial charge in [0.25, 0.3) is 0 Å². The Balaban J connectivity index is 1.07. The van der Waals surface area contributed by atoms with Crippen molar-refractivity contribution in [2.24, 2.45) is 0 Å². The van der Waals surface area contributed by atoms with Gasteiger partial charge in [0.05, 0.1) is 11.0 Å². The Morgan fingerprint density at radius 3 is 1.59 bits per heavy atom. The molecule has 8 aromatic carbocycles. The molecule has 262 valence electrons. The summed E-state index contributed by atoms with van der Waals surface area (Å²) in [6.45, 7) is 0. The summed E-state index contributed by atoms with van der Waals surface area (Å²) in [5.41, 5.74) is 11.2. The number of nitrogens with zero attached hydrogens (tertiary/aromatic N) is 4. The van der Waals surface area contributed by atoms with E-state index in [9.17, 15) is 0 Å². The molecular formula is C51H32N4S. The first-order chi connectivity index (χ1) is 27.7. The summed E-state index contributed by atoms with van der Waals surface area (Å²) >= 11 is 1.80. The Bertz CT molecular complexity index is 3160. The van der Waals surface area contributed by atoms with Gasteiger partial charge in [0.15, 0.2) is 17.5 Å². The molecule has 0 atom stereocenters. The predicted molar refractivity (Wildman–Crippen MR) is 234 cm³/mol. The lowest BCUT2D eigenvalue weighted by Crippen LogP contribution is -2.00. The summed E-state index contributed by atoms with van der Waals surface area (Å²) in [7, 11) is 0. The van der Waals surface area contributed by atoms with Crippen LogP contribution in [0.2, 0.25) is 0 Å². The van der Waals surface area contributed by atoms with Crippen LogP contribution in [-0.4, -0.2) is 19.5 Å². The van der Waals surface area contributed by atoms with Crippen LogP contribution in [0.5, 0.6) is 0 Å². The molecule has 0 aliphatic carbocycles. The van der Waals surface area contributed by atoms with Crippen LogP contribution in [0.1, 0.15) is 0 Å². The summed E-state index contributed by atoms with van der Waals surface area (Å²) in [5, 5.41) is 4.80. The van der Waals surface area contributed by atoms with E-state index in [4.69, 9.17) is 15.0 Å². The van der Waals surface area contributed by atoms with Crippen molar-refractivity contribution in [2.75, 3.05) is 0 Å². The minimum absolute atomic E-state index is 0.656. The molecule has 0 unspecified atom stereocenters. The van der Waals surface area contributed by atoms with Gasteiger partial charge >= 0.3 is 0 Å². The normalized spacial score (nSPS) is 11.6. The van der Waals surface area contributed by atoms with E-state index in [0.717, 1.165) is 27.8 Å². The average Bonchev–Trinajstić information content (AvgIpc) is 3.82. The van der Waals surface area contributed by atoms with Crippen molar-refractivity contribution in [1.29, 1.82) is 0 Å². The van der Waals surface area contributed by atoms with E-state index in [1.54, 1.807) is 11.3 Å². The van der Waals surface area contributed by atoms with E-state index in [-0.39, 0.29) is 0 Å². The first-order valence-corrected chi connectivity index (χ1v) is 19.6. The lowest BCUT2D eigenvalue weighted by molar-refractivity contribution is 1.08. The van der Waals surface area contributed by atoms with Crippen molar-refractivity contribution < 1.29 is 0 Å². The van der Waals surface area contributed by atoms with Gasteiger partial charge in [-0.1, -0.05) is 152 Å². The Kier molecular flexibility index (Phi) is 7.64. The van der Waals surface area contributed by atoms with E-state index in [0.29, 0.717) is 17.5 Å². The SMILES string of the molecule is c1ccc(-c2ccc(-c3ccc4c(c3)c3ccccc3n4-c3ccc4sc5cccc(-c6nc(-c7ccccc7)nc(-c7ccccc7)n6)c5c4c3)cc2)cc1. The van der Waals surface area contributed by atoms with Gasteiger partial charge in [-0.25, -0.2) is 15.0 Å². The van der Waals surface area contributed by atoms with Crippen LogP contribution in [-0.2, 0) is 0 Å². The van der Waals surface area contributed by atoms with Crippen LogP contribution in [0.15, 0.2) is 194 Å². The number of aromatic nitrogens is 4. The topological polar surface area (TPSA) is 43.6 Å². The minimum Gasteiger partial charge on any atom is -0.309 e. The number of fused-ring (bicyclic) bond motifs is 6. The summed E-state index contributed by atoms with van der Waals surface area (Å²) < 4.78 is 4.82. The number of para-hydroxylation sites is 1. The van der Waals surface area contributed by atoms with Gasteiger partial charge in [-0.3, -0.25) is 0 Å². The molecule has 0 bridgehead atoms. The molecule has 56 heavy (non-hydrogen) atoms. The fourth-order valence-corrected chi connectivity index (χ4v) is 9.10. The number of hydrogen-bond donors (Lipinski definition) is 0. The molecule has 0 spiro atoms. The van der Waals surface area contributed by atoms with Gasteiger partial charge < -0.3 is 4.57 Å². The zero-order valence-corrected chi connectivity index (χ0v) is 31.0. The highest BCUT2D eigenvalue weighted by molar-refractivity contribution is 7.26. The summed E-state index contributed by atoms with van der Waals surface area (Å²) in [4.78, 5) is 15.2.